The minimum Gasteiger partial charge on any atom is -0.442 e. The molecule has 0 aliphatic rings. The van der Waals surface area contributed by atoms with E-state index in [9.17, 15) is 0 Å². The van der Waals surface area contributed by atoms with Gasteiger partial charge < -0.3 is 9.73 Å². The van der Waals surface area contributed by atoms with Crippen molar-refractivity contribution in [2.75, 3.05) is 12.4 Å². The Balaban J connectivity index is 2.52. The first-order valence-corrected chi connectivity index (χ1v) is 5.21. The maximum absolute atomic E-state index is 5.84. The van der Waals surface area contributed by atoms with Gasteiger partial charge in [0.05, 0.1) is 5.52 Å². The molecule has 2 heterocycles. The lowest BCUT2D eigenvalue weighted by Gasteiger charge is -1.93. The number of hydrogen-bond acceptors (Lipinski definition) is 5. The van der Waals surface area contributed by atoms with Crippen LogP contribution < -0.4 is 10.8 Å². The lowest BCUT2D eigenvalue weighted by Crippen LogP contribution is -2.03. The van der Waals surface area contributed by atoms with Gasteiger partial charge in [0.15, 0.2) is 17.1 Å². The van der Waals surface area contributed by atoms with Gasteiger partial charge >= 0.3 is 0 Å². The van der Waals surface area contributed by atoms with Gasteiger partial charge in [-0.05, 0) is 6.07 Å². The highest BCUT2D eigenvalue weighted by Crippen LogP contribution is 2.30. The van der Waals surface area contributed by atoms with Crippen molar-refractivity contribution in [1.29, 1.82) is 0 Å². The third-order valence-electron chi connectivity index (χ3n) is 2.21. The molecule has 0 atom stereocenters. The number of fused-ring (bicyclic) bond motifs is 3. The standard InChI is InChI=1S/C9H6BN3OS/c1-11-9-13-5-2-4(10)6-7(8(5)15-9)14-3-12-6/h2-3H,1H3,(H,11,13). The SMILES string of the molecule is [B]c1cc2nc(NC)sc2c2ocnc12. The number of nitrogens with zero attached hydrogens (tertiary/aromatic N) is 2. The summed E-state index contributed by atoms with van der Waals surface area (Å²) in [5.41, 5.74) is 2.85. The van der Waals surface area contributed by atoms with Gasteiger partial charge in [0, 0.05) is 7.05 Å². The fraction of sp³-hybridized carbons (Fsp3) is 0.111. The number of hydrogen-bond donors (Lipinski definition) is 1. The van der Waals surface area contributed by atoms with E-state index in [4.69, 9.17) is 12.3 Å². The molecule has 15 heavy (non-hydrogen) atoms. The van der Waals surface area contributed by atoms with Crippen LogP contribution in [0.25, 0.3) is 21.3 Å². The molecule has 6 heteroatoms. The van der Waals surface area contributed by atoms with E-state index in [1.807, 2.05) is 13.1 Å². The highest BCUT2D eigenvalue weighted by Gasteiger charge is 2.11. The van der Waals surface area contributed by atoms with Crippen molar-refractivity contribution in [1.82, 2.24) is 9.97 Å². The second-order valence-electron chi connectivity index (χ2n) is 3.11. The monoisotopic (exact) mass is 215 g/mol. The summed E-state index contributed by atoms with van der Waals surface area (Å²) in [6.45, 7) is 0. The van der Waals surface area contributed by atoms with Crippen LogP contribution in [0.1, 0.15) is 0 Å². The molecule has 0 saturated carbocycles. The Morgan fingerprint density at radius 3 is 3.20 bits per heavy atom. The van der Waals surface area contributed by atoms with Gasteiger partial charge in [-0.2, -0.15) is 0 Å². The van der Waals surface area contributed by atoms with E-state index < -0.39 is 0 Å². The first-order valence-electron chi connectivity index (χ1n) is 4.39. The highest BCUT2D eigenvalue weighted by atomic mass is 32.1. The minimum absolute atomic E-state index is 0.596. The molecule has 0 saturated heterocycles. The summed E-state index contributed by atoms with van der Waals surface area (Å²) in [6, 6.07) is 1.82. The summed E-state index contributed by atoms with van der Waals surface area (Å²) < 4.78 is 6.29. The molecule has 4 nitrogen and oxygen atoms in total. The summed E-state index contributed by atoms with van der Waals surface area (Å²) in [5.74, 6) is 0. The summed E-state index contributed by atoms with van der Waals surface area (Å²) in [5, 5.41) is 3.84. The molecule has 3 aromatic rings. The minimum atomic E-state index is 0.596. The maximum atomic E-state index is 5.84. The molecule has 0 amide bonds. The van der Waals surface area contributed by atoms with Crippen LogP contribution in [-0.4, -0.2) is 24.9 Å². The molecule has 0 fully saturated rings. The fourth-order valence-corrected chi connectivity index (χ4v) is 2.41. The zero-order valence-corrected chi connectivity index (χ0v) is 8.76. The Hall–Kier alpha value is -1.56. The molecule has 1 aromatic carbocycles. The summed E-state index contributed by atoms with van der Waals surface area (Å²) in [7, 11) is 7.67. The normalized spacial score (nSPS) is 11.3. The Kier molecular flexibility index (Phi) is 1.73. The smallest absolute Gasteiger partial charge is 0.183 e. The van der Waals surface area contributed by atoms with Crippen LogP contribution in [0.5, 0.6) is 0 Å². The summed E-state index contributed by atoms with van der Waals surface area (Å²) >= 11 is 1.53. The maximum Gasteiger partial charge on any atom is 0.183 e. The highest BCUT2D eigenvalue weighted by molar-refractivity contribution is 7.23. The molecule has 2 aromatic heterocycles. The first kappa shape index (κ1) is 8.73. The topological polar surface area (TPSA) is 51.0 Å². The van der Waals surface area contributed by atoms with Gasteiger partial charge in [0.25, 0.3) is 0 Å². The number of rotatable bonds is 1. The third-order valence-corrected chi connectivity index (χ3v) is 3.29. The van der Waals surface area contributed by atoms with Crippen molar-refractivity contribution >= 4 is 51.1 Å². The van der Waals surface area contributed by atoms with Gasteiger partial charge in [0.1, 0.15) is 18.1 Å². The number of oxazole rings is 1. The van der Waals surface area contributed by atoms with Crippen molar-refractivity contribution < 1.29 is 4.42 Å². The molecule has 0 aliphatic heterocycles. The van der Waals surface area contributed by atoms with E-state index in [-0.39, 0.29) is 0 Å². The molecular formula is C9H6BN3OS. The van der Waals surface area contributed by atoms with Gasteiger partial charge in [-0.3, -0.25) is 0 Å². The molecule has 0 spiro atoms. The number of thiazole rings is 1. The number of anilines is 1. The van der Waals surface area contributed by atoms with Gasteiger partial charge in [-0.25, -0.2) is 9.97 Å². The first-order chi connectivity index (χ1) is 7.29. The van der Waals surface area contributed by atoms with Crippen molar-refractivity contribution in [2.24, 2.45) is 0 Å². The number of benzene rings is 1. The molecule has 2 radical (unpaired) electrons. The van der Waals surface area contributed by atoms with E-state index in [0.717, 1.165) is 15.3 Å². The van der Waals surface area contributed by atoms with E-state index in [1.54, 1.807) is 0 Å². The fourth-order valence-electron chi connectivity index (χ4n) is 1.53. The Morgan fingerprint density at radius 2 is 2.40 bits per heavy atom. The average molecular weight is 215 g/mol. The second-order valence-corrected chi connectivity index (χ2v) is 4.11. The van der Waals surface area contributed by atoms with E-state index in [0.29, 0.717) is 16.6 Å². The Bertz CT molecular complexity index is 645. The third kappa shape index (κ3) is 1.14. The quantitative estimate of drug-likeness (QED) is 0.621. The van der Waals surface area contributed by atoms with Crippen LogP contribution in [0.3, 0.4) is 0 Å². The van der Waals surface area contributed by atoms with Crippen LogP contribution in [0, 0.1) is 0 Å². The van der Waals surface area contributed by atoms with E-state index >= 15 is 0 Å². The van der Waals surface area contributed by atoms with Crippen molar-refractivity contribution in [2.45, 2.75) is 0 Å². The zero-order valence-electron chi connectivity index (χ0n) is 7.94. The van der Waals surface area contributed by atoms with E-state index in [1.165, 1.54) is 17.7 Å². The van der Waals surface area contributed by atoms with Crippen LogP contribution >= 0.6 is 11.3 Å². The average Bonchev–Trinajstić information content (AvgIpc) is 2.80. The van der Waals surface area contributed by atoms with E-state index in [2.05, 4.69) is 15.3 Å². The van der Waals surface area contributed by atoms with Crippen molar-refractivity contribution in [3.05, 3.63) is 12.5 Å². The summed E-state index contributed by atoms with van der Waals surface area (Å²) in [4.78, 5) is 8.43. The number of aromatic nitrogens is 2. The largest absolute Gasteiger partial charge is 0.442 e. The van der Waals surface area contributed by atoms with Crippen molar-refractivity contribution in [3.8, 4) is 0 Å². The molecule has 3 rings (SSSR count). The van der Waals surface area contributed by atoms with Crippen molar-refractivity contribution in [3.63, 3.8) is 0 Å². The molecule has 0 aliphatic carbocycles. The Morgan fingerprint density at radius 1 is 1.53 bits per heavy atom. The lowest BCUT2D eigenvalue weighted by molar-refractivity contribution is 0.605. The predicted octanol–water partition coefficient (Wildman–Crippen LogP) is 1.27. The van der Waals surface area contributed by atoms with Crippen LogP contribution in [0.4, 0.5) is 5.13 Å². The van der Waals surface area contributed by atoms with Gasteiger partial charge in [-0.1, -0.05) is 16.8 Å². The Labute approximate surface area is 90.7 Å². The van der Waals surface area contributed by atoms with Crippen LogP contribution in [0.2, 0.25) is 0 Å². The van der Waals surface area contributed by atoms with Crippen LogP contribution in [0.15, 0.2) is 16.9 Å². The van der Waals surface area contributed by atoms with Gasteiger partial charge in [-0.15, -0.1) is 0 Å². The van der Waals surface area contributed by atoms with Crippen LogP contribution in [-0.2, 0) is 0 Å². The zero-order chi connectivity index (χ0) is 10.4. The van der Waals surface area contributed by atoms with Gasteiger partial charge in [0.2, 0.25) is 0 Å². The lowest BCUT2D eigenvalue weighted by atomic mass is 9.94. The molecule has 1 N–H and O–H groups in total. The summed E-state index contributed by atoms with van der Waals surface area (Å²) in [6.07, 6.45) is 1.40. The number of nitrogens with one attached hydrogen (secondary N) is 1. The molecule has 0 unspecified atom stereocenters. The molecule has 0 bridgehead atoms. The second kappa shape index (κ2) is 2.97. The predicted molar refractivity (Wildman–Crippen MR) is 62.1 cm³/mol. The molecule has 72 valence electrons. The molecular weight excluding hydrogens is 209 g/mol.